The van der Waals surface area contributed by atoms with Gasteiger partial charge in [0.2, 0.25) is 0 Å². The van der Waals surface area contributed by atoms with Crippen LogP contribution in [0.2, 0.25) is 0 Å². The van der Waals surface area contributed by atoms with Gasteiger partial charge in [-0.25, -0.2) is 0 Å². The molecule has 6 rings (SSSR count). The highest BCUT2D eigenvalue weighted by Gasteiger charge is 2.84. The lowest BCUT2D eigenvalue weighted by Gasteiger charge is -2.58. The summed E-state index contributed by atoms with van der Waals surface area (Å²) in [5.74, 6) is -0.310. The number of hydrogen-bond donors (Lipinski definition) is 2. The summed E-state index contributed by atoms with van der Waals surface area (Å²) in [5.41, 5.74) is -1.27. The van der Waals surface area contributed by atoms with Crippen LogP contribution in [-0.2, 0) is 35.1 Å². The molecule has 8 heteroatoms. The molecule has 8 nitrogen and oxygen atoms in total. The molecule has 2 N–H and O–H groups in total. The average molecular weight is 583 g/mol. The zero-order valence-electron chi connectivity index (χ0n) is 25.4. The van der Waals surface area contributed by atoms with Crippen LogP contribution in [0.1, 0.15) is 58.9 Å². The zero-order valence-corrected chi connectivity index (χ0v) is 25.4. The van der Waals surface area contributed by atoms with Crippen molar-refractivity contribution < 1.29 is 38.7 Å². The largest absolute Gasteiger partial charge is 0.481 e. The monoisotopic (exact) mass is 582 g/mol. The number of aliphatic hydroxyl groups is 1. The average Bonchev–Trinajstić information content (AvgIpc) is 3.54. The molecule has 1 aliphatic heterocycles. The topological polar surface area (TPSA) is 112 Å². The number of carbonyl (C=O) groups excluding carboxylic acids is 1. The smallest absolute Gasteiger partial charge is 0.315 e. The van der Waals surface area contributed by atoms with Crippen molar-refractivity contribution in [2.24, 2.45) is 45.8 Å². The molecule has 0 amide bonds. The van der Waals surface area contributed by atoms with Crippen molar-refractivity contribution in [2.75, 3.05) is 13.7 Å². The number of carboxylic acids is 1. The third-order valence-corrected chi connectivity index (χ3v) is 11.9. The highest BCUT2D eigenvalue weighted by molar-refractivity contribution is 5.90. The number of benzene rings is 1. The molecule has 0 radical (unpaired) electrons. The third-order valence-electron chi connectivity index (χ3n) is 11.9. The van der Waals surface area contributed by atoms with Crippen LogP contribution in [0.4, 0.5) is 0 Å². The van der Waals surface area contributed by atoms with Crippen LogP contribution >= 0.6 is 0 Å². The number of carbonyl (C=O) groups is 2. The van der Waals surface area contributed by atoms with Crippen LogP contribution < -0.4 is 0 Å². The molecule has 5 aliphatic rings. The SMILES string of the molecule is CO[C@H]1[C@@H](OCc2ccccc2)[C@H](O)[C@H](OCC23CC4C(C)CCC4C4(C=O)CC2C=C(C(C)C)C43C(=O)O)O[C@@H]1C. The second-order valence-corrected chi connectivity index (χ2v) is 14.0. The standard InChI is InChI=1S/C34H46O8/c1-19(2)26-13-23-14-32(17-35)25-12-11-20(3)24(25)15-33(23,34(26,32)31(37)38)18-41-30-27(36)29(28(39-5)21(4)42-30)40-16-22-9-7-6-8-10-22/h6-10,13,17,19-21,23-25,27-30,36H,11-12,14-16,18H2,1-5H3,(H,37,38)/t20?,21-,23?,24?,25?,27+,28-,29+,30-,32?,33?,34?/m1/s1. The summed E-state index contributed by atoms with van der Waals surface area (Å²) in [5, 5.41) is 22.7. The molecule has 1 heterocycles. The van der Waals surface area contributed by atoms with Crippen molar-refractivity contribution in [3.8, 4) is 0 Å². The van der Waals surface area contributed by atoms with E-state index in [1.807, 2.05) is 51.1 Å². The van der Waals surface area contributed by atoms with Gasteiger partial charge in [-0.3, -0.25) is 4.79 Å². The third kappa shape index (κ3) is 3.91. The van der Waals surface area contributed by atoms with Crippen molar-refractivity contribution in [2.45, 2.75) is 90.7 Å². The molecule has 12 atom stereocenters. The van der Waals surface area contributed by atoms with Crippen LogP contribution in [0.5, 0.6) is 0 Å². The van der Waals surface area contributed by atoms with E-state index < -0.39 is 52.9 Å². The normalized spacial score (nSPS) is 45.6. The number of fused-ring (bicyclic) bond motifs is 2. The van der Waals surface area contributed by atoms with E-state index >= 15 is 0 Å². The number of allylic oxidation sites excluding steroid dienone is 1. The van der Waals surface area contributed by atoms with Gasteiger partial charge in [0.15, 0.2) is 6.29 Å². The minimum Gasteiger partial charge on any atom is -0.481 e. The number of rotatable bonds is 10. The van der Waals surface area contributed by atoms with Crippen LogP contribution in [0, 0.1) is 45.8 Å². The molecular weight excluding hydrogens is 536 g/mol. The first kappa shape index (κ1) is 29.9. The molecule has 0 aromatic heterocycles. The quantitative estimate of drug-likeness (QED) is 0.303. The molecule has 1 aromatic rings. The number of methoxy groups -OCH3 is 1. The molecular formula is C34H46O8. The van der Waals surface area contributed by atoms with Crippen molar-refractivity contribution in [1.29, 1.82) is 0 Å². The lowest BCUT2D eigenvalue weighted by atomic mass is 9.43. The zero-order chi connectivity index (χ0) is 30.0. The van der Waals surface area contributed by atoms with Crippen LogP contribution in [0.25, 0.3) is 0 Å². The van der Waals surface area contributed by atoms with Gasteiger partial charge in [-0.2, -0.15) is 0 Å². The van der Waals surface area contributed by atoms with Crippen LogP contribution in [0.15, 0.2) is 42.0 Å². The number of aliphatic hydroxyl groups excluding tert-OH is 1. The fraction of sp³-hybridized carbons (Fsp3) is 0.706. The van der Waals surface area contributed by atoms with Crippen molar-refractivity contribution >= 4 is 12.3 Å². The van der Waals surface area contributed by atoms with E-state index in [2.05, 4.69) is 13.0 Å². The maximum absolute atomic E-state index is 13.7. The van der Waals surface area contributed by atoms with E-state index in [9.17, 15) is 19.8 Å². The van der Waals surface area contributed by atoms with E-state index in [0.717, 1.165) is 30.3 Å². The van der Waals surface area contributed by atoms with E-state index in [1.165, 1.54) is 0 Å². The first-order chi connectivity index (χ1) is 20.1. The minimum absolute atomic E-state index is 0.0183. The molecule has 0 spiro atoms. The Morgan fingerprint density at radius 3 is 2.50 bits per heavy atom. The number of aldehydes is 1. The maximum atomic E-state index is 13.7. The summed E-state index contributed by atoms with van der Waals surface area (Å²) in [6.07, 6.45) is 2.45. The lowest BCUT2D eigenvalue weighted by Crippen LogP contribution is -2.64. The highest BCUT2D eigenvalue weighted by atomic mass is 16.7. The van der Waals surface area contributed by atoms with Crippen molar-refractivity contribution in [1.82, 2.24) is 0 Å². The van der Waals surface area contributed by atoms with E-state index in [0.29, 0.717) is 25.4 Å². The fourth-order valence-electron chi connectivity index (χ4n) is 10.3. The molecule has 42 heavy (non-hydrogen) atoms. The minimum atomic E-state index is -1.34. The van der Waals surface area contributed by atoms with Crippen molar-refractivity contribution in [3.63, 3.8) is 0 Å². The number of hydrogen-bond acceptors (Lipinski definition) is 7. The summed E-state index contributed by atoms with van der Waals surface area (Å²) in [6.45, 7) is 8.55. The van der Waals surface area contributed by atoms with Crippen LogP contribution in [0.3, 0.4) is 0 Å². The molecule has 3 saturated carbocycles. The number of ether oxygens (including phenoxy) is 4. The van der Waals surface area contributed by atoms with Gasteiger partial charge >= 0.3 is 5.97 Å². The van der Waals surface area contributed by atoms with Crippen molar-refractivity contribution in [3.05, 3.63) is 47.5 Å². The Morgan fingerprint density at radius 1 is 1.12 bits per heavy atom. The summed E-state index contributed by atoms with van der Waals surface area (Å²) in [6, 6.07) is 9.74. The molecule has 7 unspecified atom stereocenters. The first-order valence-electron chi connectivity index (χ1n) is 15.6. The fourth-order valence-corrected chi connectivity index (χ4v) is 10.3. The molecule has 4 aliphatic carbocycles. The maximum Gasteiger partial charge on any atom is 0.315 e. The van der Waals surface area contributed by atoms with Gasteiger partial charge in [-0.15, -0.1) is 0 Å². The van der Waals surface area contributed by atoms with E-state index in [-0.39, 0.29) is 30.3 Å². The Labute approximate surface area is 248 Å². The molecule has 4 bridgehead atoms. The Hall–Kier alpha value is -2.10. The highest BCUT2D eigenvalue weighted by Crippen LogP contribution is 2.82. The Kier molecular flexibility index (Phi) is 7.71. The number of aliphatic carboxylic acids is 1. The number of carboxylic acid groups (broad SMARTS) is 1. The molecule has 230 valence electrons. The predicted molar refractivity (Wildman–Crippen MR) is 154 cm³/mol. The van der Waals surface area contributed by atoms with Gasteiger partial charge in [0.25, 0.3) is 0 Å². The van der Waals surface area contributed by atoms with E-state index in [1.54, 1.807) is 7.11 Å². The first-order valence-corrected chi connectivity index (χ1v) is 15.6. The van der Waals surface area contributed by atoms with Gasteiger partial charge in [0.05, 0.1) is 24.7 Å². The summed E-state index contributed by atoms with van der Waals surface area (Å²) in [7, 11) is 1.57. The van der Waals surface area contributed by atoms with Gasteiger partial charge in [-0.1, -0.05) is 69.2 Å². The molecule has 4 fully saturated rings. The predicted octanol–water partition coefficient (Wildman–Crippen LogP) is 4.63. The van der Waals surface area contributed by atoms with Gasteiger partial charge in [0.1, 0.15) is 30.0 Å². The second kappa shape index (κ2) is 10.8. The molecule has 1 aromatic carbocycles. The second-order valence-electron chi connectivity index (χ2n) is 14.0. The molecule has 1 saturated heterocycles. The Morgan fingerprint density at radius 2 is 1.86 bits per heavy atom. The lowest BCUT2D eigenvalue weighted by molar-refractivity contribution is -0.314. The van der Waals surface area contributed by atoms with E-state index in [4.69, 9.17) is 18.9 Å². The summed E-state index contributed by atoms with van der Waals surface area (Å²) in [4.78, 5) is 27.0. The van der Waals surface area contributed by atoms with Gasteiger partial charge < -0.3 is 34.0 Å². The Balaban J connectivity index is 1.32. The summed E-state index contributed by atoms with van der Waals surface area (Å²) < 4.78 is 24.6. The van der Waals surface area contributed by atoms with Gasteiger partial charge in [0, 0.05) is 12.5 Å². The Bertz CT molecular complexity index is 1220. The van der Waals surface area contributed by atoms with Gasteiger partial charge in [-0.05, 0) is 61.3 Å². The van der Waals surface area contributed by atoms with Crippen LogP contribution in [-0.4, -0.2) is 66.9 Å². The summed E-state index contributed by atoms with van der Waals surface area (Å²) >= 11 is 0.